The smallest absolute Gasteiger partial charge is 0.274 e. The van der Waals surface area contributed by atoms with E-state index in [1.54, 1.807) is 10.7 Å². The van der Waals surface area contributed by atoms with Crippen LogP contribution < -0.4 is 0 Å². The van der Waals surface area contributed by atoms with Crippen molar-refractivity contribution in [3.63, 3.8) is 0 Å². The maximum Gasteiger partial charge on any atom is 0.274 e. The van der Waals surface area contributed by atoms with Gasteiger partial charge in [-0.05, 0) is 24.3 Å². The number of aryl methyl sites for hydroxylation is 1. The second kappa shape index (κ2) is 6.73. The molecule has 0 aromatic carbocycles. The second-order valence-corrected chi connectivity index (χ2v) is 8.68. The number of carbonyl (C=O) groups is 1. The van der Waals surface area contributed by atoms with Crippen molar-refractivity contribution in [2.24, 2.45) is 18.4 Å². The van der Waals surface area contributed by atoms with Gasteiger partial charge in [-0.25, -0.2) is 0 Å². The minimum Gasteiger partial charge on any atom is -0.361 e. The first-order valence-electron chi connectivity index (χ1n) is 9.19. The summed E-state index contributed by atoms with van der Waals surface area (Å²) in [6.07, 6.45) is 6.29. The Kier molecular flexibility index (Phi) is 4.80. The standard InChI is InChI=1S/C19H31N5O/c1-19(2,3)13-24-14-21(4)12-17(24)15-7-6-9-23(11-15)18(25)16-8-10-22(5)20-16/h8,10,12,15H,6-7,9,11,13-14H2,1-5H3. The van der Waals surface area contributed by atoms with Crippen LogP contribution in [0.15, 0.2) is 24.2 Å². The van der Waals surface area contributed by atoms with E-state index in [1.807, 2.05) is 18.1 Å². The van der Waals surface area contributed by atoms with E-state index in [1.165, 1.54) is 5.70 Å². The van der Waals surface area contributed by atoms with Crippen LogP contribution in [-0.2, 0) is 7.05 Å². The Balaban J connectivity index is 1.72. The van der Waals surface area contributed by atoms with Gasteiger partial charge in [-0.2, -0.15) is 5.10 Å². The third kappa shape index (κ3) is 4.17. The highest BCUT2D eigenvalue weighted by atomic mass is 16.2. The van der Waals surface area contributed by atoms with Crippen molar-refractivity contribution in [2.45, 2.75) is 33.6 Å². The molecule has 1 unspecified atom stereocenters. The molecule has 138 valence electrons. The number of nitrogens with zero attached hydrogens (tertiary/aromatic N) is 5. The van der Waals surface area contributed by atoms with Crippen LogP contribution in [-0.4, -0.2) is 63.7 Å². The predicted molar refractivity (Wildman–Crippen MR) is 98.7 cm³/mol. The molecule has 1 atom stereocenters. The van der Waals surface area contributed by atoms with Crippen LogP contribution in [0.1, 0.15) is 44.1 Å². The molecule has 0 saturated carbocycles. The van der Waals surface area contributed by atoms with Crippen LogP contribution in [0.25, 0.3) is 0 Å². The van der Waals surface area contributed by atoms with Gasteiger partial charge in [-0.15, -0.1) is 0 Å². The van der Waals surface area contributed by atoms with E-state index in [0.717, 1.165) is 39.1 Å². The second-order valence-electron chi connectivity index (χ2n) is 8.68. The van der Waals surface area contributed by atoms with Crippen molar-refractivity contribution in [3.05, 3.63) is 29.9 Å². The molecule has 0 N–H and O–H groups in total. The molecule has 6 heteroatoms. The topological polar surface area (TPSA) is 44.6 Å². The van der Waals surface area contributed by atoms with Gasteiger partial charge >= 0.3 is 0 Å². The van der Waals surface area contributed by atoms with Crippen LogP contribution in [0, 0.1) is 11.3 Å². The lowest BCUT2D eigenvalue weighted by Gasteiger charge is -2.37. The molecule has 1 amide bonds. The number of carbonyl (C=O) groups excluding carboxylic acids is 1. The van der Waals surface area contributed by atoms with Gasteiger partial charge in [0.2, 0.25) is 0 Å². The summed E-state index contributed by atoms with van der Waals surface area (Å²) in [6, 6.07) is 1.81. The molecule has 3 rings (SSSR count). The molecule has 0 aliphatic carbocycles. The van der Waals surface area contributed by atoms with Gasteiger partial charge in [0.05, 0.1) is 6.67 Å². The number of hydrogen-bond acceptors (Lipinski definition) is 4. The summed E-state index contributed by atoms with van der Waals surface area (Å²) in [5.41, 5.74) is 2.19. The van der Waals surface area contributed by atoms with Crippen LogP contribution in [0.3, 0.4) is 0 Å². The van der Waals surface area contributed by atoms with Crippen molar-refractivity contribution >= 4 is 5.91 Å². The number of aromatic nitrogens is 2. The zero-order chi connectivity index (χ0) is 18.2. The Bertz CT molecular complexity index is 657. The fraction of sp³-hybridized carbons (Fsp3) is 0.684. The Morgan fingerprint density at radius 3 is 2.72 bits per heavy atom. The Morgan fingerprint density at radius 1 is 1.32 bits per heavy atom. The van der Waals surface area contributed by atoms with Crippen molar-refractivity contribution in [3.8, 4) is 0 Å². The summed E-state index contributed by atoms with van der Waals surface area (Å²) in [5, 5.41) is 4.28. The number of rotatable bonds is 3. The van der Waals surface area contributed by atoms with Gasteiger partial charge in [0, 0.05) is 57.7 Å². The maximum atomic E-state index is 12.8. The highest BCUT2D eigenvalue weighted by Crippen LogP contribution is 2.32. The van der Waals surface area contributed by atoms with Crippen molar-refractivity contribution in [1.82, 2.24) is 24.5 Å². The molecule has 2 aliphatic heterocycles. The molecule has 0 bridgehead atoms. The molecule has 3 heterocycles. The lowest BCUT2D eigenvalue weighted by molar-refractivity contribution is 0.0664. The monoisotopic (exact) mass is 345 g/mol. The van der Waals surface area contributed by atoms with E-state index in [2.05, 4.69) is 48.9 Å². The minimum absolute atomic E-state index is 0.0552. The summed E-state index contributed by atoms with van der Waals surface area (Å²) < 4.78 is 1.69. The van der Waals surface area contributed by atoms with Crippen LogP contribution in [0.4, 0.5) is 0 Å². The summed E-state index contributed by atoms with van der Waals surface area (Å²) in [6.45, 7) is 10.4. The third-order valence-electron chi connectivity index (χ3n) is 4.84. The Morgan fingerprint density at radius 2 is 2.08 bits per heavy atom. The van der Waals surface area contributed by atoms with E-state index in [4.69, 9.17) is 0 Å². The SMILES string of the molecule is CN1C=C(C2CCCN(C(=O)c3ccn(C)n3)C2)N(CC(C)(C)C)C1. The zero-order valence-corrected chi connectivity index (χ0v) is 16.2. The van der Waals surface area contributed by atoms with E-state index < -0.39 is 0 Å². The maximum absolute atomic E-state index is 12.8. The lowest BCUT2D eigenvalue weighted by Crippen LogP contribution is -2.43. The number of amides is 1. The summed E-state index contributed by atoms with van der Waals surface area (Å²) >= 11 is 0. The van der Waals surface area contributed by atoms with Gasteiger partial charge < -0.3 is 14.7 Å². The molecule has 25 heavy (non-hydrogen) atoms. The Hall–Kier alpha value is -1.98. The molecular weight excluding hydrogens is 314 g/mol. The molecular formula is C19H31N5O. The van der Waals surface area contributed by atoms with E-state index >= 15 is 0 Å². The van der Waals surface area contributed by atoms with Crippen molar-refractivity contribution < 1.29 is 4.79 Å². The first-order valence-corrected chi connectivity index (χ1v) is 9.19. The third-order valence-corrected chi connectivity index (χ3v) is 4.84. The van der Waals surface area contributed by atoms with Crippen molar-refractivity contribution in [2.75, 3.05) is 33.4 Å². The molecule has 6 nitrogen and oxygen atoms in total. The average Bonchev–Trinajstić information content (AvgIpc) is 3.11. The number of likely N-dealkylation sites (tertiary alicyclic amines) is 1. The summed E-state index contributed by atoms with van der Waals surface area (Å²) in [7, 11) is 3.97. The number of piperidine rings is 1. The van der Waals surface area contributed by atoms with Gasteiger partial charge in [-0.3, -0.25) is 9.48 Å². The molecule has 0 radical (unpaired) electrons. The van der Waals surface area contributed by atoms with Gasteiger partial charge in [0.15, 0.2) is 0 Å². The van der Waals surface area contributed by atoms with Crippen molar-refractivity contribution in [1.29, 1.82) is 0 Å². The van der Waals surface area contributed by atoms with Gasteiger partial charge in [-0.1, -0.05) is 20.8 Å². The molecule has 1 saturated heterocycles. The highest BCUT2D eigenvalue weighted by Gasteiger charge is 2.33. The largest absolute Gasteiger partial charge is 0.361 e. The van der Waals surface area contributed by atoms with Gasteiger partial charge in [0.25, 0.3) is 5.91 Å². The number of hydrogen-bond donors (Lipinski definition) is 0. The molecule has 1 aromatic heterocycles. The Labute approximate surface area is 151 Å². The molecule has 0 spiro atoms. The summed E-state index contributed by atoms with van der Waals surface area (Å²) in [4.78, 5) is 19.5. The lowest BCUT2D eigenvalue weighted by atomic mass is 9.91. The van der Waals surface area contributed by atoms with Crippen LogP contribution in [0.5, 0.6) is 0 Å². The van der Waals surface area contributed by atoms with E-state index in [0.29, 0.717) is 11.6 Å². The predicted octanol–water partition coefficient (Wildman–Crippen LogP) is 2.36. The minimum atomic E-state index is 0.0552. The van der Waals surface area contributed by atoms with Crippen LogP contribution >= 0.6 is 0 Å². The van der Waals surface area contributed by atoms with E-state index in [-0.39, 0.29) is 11.3 Å². The van der Waals surface area contributed by atoms with E-state index in [9.17, 15) is 4.79 Å². The molecule has 1 fully saturated rings. The van der Waals surface area contributed by atoms with Crippen LogP contribution in [0.2, 0.25) is 0 Å². The molecule has 2 aliphatic rings. The first-order chi connectivity index (χ1) is 11.7. The van der Waals surface area contributed by atoms with Gasteiger partial charge in [0.1, 0.15) is 5.69 Å². The average molecular weight is 345 g/mol. The fourth-order valence-corrected chi connectivity index (χ4v) is 3.87. The normalized spacial score (nSPS) is 21.7. The first kappa shape index (κ1) is 17.8. The molecule has 1 aromatic rings. The zero-order valence-electron chi connectivity index (χ0n) is 16.2. The fourth-order valence-electron chi connectivity index (χ4n) is 3.87. The highest BCUT2D eigenvalue weighted by molar-refractivity contribution is 5.92. The summed E-state index contributed by atoms with van der Waals surface area (Å²) in [5.74, 6) is 0.466. The quantitative estimate of drug-likeness (QED) is 0.844.